The highest BCUT2D eigenvalue weighted by Gasteiger charge is 2.74. The zero-order valence-electron chi connectivity index (χ0n) is 27.4. The lowest BCUT2D eigenvalue weighted by Crippen LogP contribution is -2.74. The first-order chi connectivity index (χ1) is 22.0. The Labute approximate surface area is 269 Å². The fourth-order valence-corrected chi connectivity index (χ4v) is 11.6. The van der Waals surface area contributed by atoms with Crippen molar-refractivity contribution >= 4 is 16.7 Å². The lowest BCUT2D eigenvalue weighted by molar-refractivity contribution is -0.174. The summed E-state index contributed by atoms with van der Waals surface area (Å²) in [7, 11) is 0. The largest absolute Gasteiger partial charge is 0.391 e. The van der Waals surface area contributed by atoms with Crippen molar-refractivity contribution in [3.8, 4) is 0 Å². The minimum absolute atomic E-state index is 0.0566. The van der Waals surface area contributed by atoms with Gasteiger partial charge in [-0.25, -0.2) is 0 Å². The number of aliphatic hydroxyl groups excluding tert-OH is 1. The number of aliphatic hydroxyl groups is 1. The van der Waals surface area contributed by atoms with Crippen LogP contribution in [0.3, 0.4) is 0 Å². The molecule has 2 aromatic rings. The Balaban J connectivity index is 1.33. The van der Waals surface area contributed by atoms with Crippen LogP contribution in [0.15, 0.2) is 48.6 Å². The van der Waals surface area contributed by atoms with Gasteiger partial charge in [-0.05, 0) is 115 Å². The van der Waals surface area contributed by atoms with Gasteiger partial charge in [0.15, 0.2) is 0 Å². The molecule has 1 spiro atoms. The Kier molecular flexibility index (Phi) is 8.08. The van der Waals surface area contributed by atoms with Gasteiger partial charge in [-0.1, -0.05) is 42.5 Å². The van der Waals surface area contributed by atoms with Crippen LogP contribution in [0.25, 0.3) is 10.9 Å². The molecule has 6 heterocycles. The van der Waals surface area contributed by atoms with Crippen molar-refractivity contribution in [2.24, 2.45) is 17.3 Å². The standard InChI is InChI=1S/C39H54N4O2/c1-27(44)24-28-25-31-33(35-34-30(18-23-43(28)35)29-16-10-11-17-32(29)41-34)36(45)39-20-13-7-3-5-9-15-22-42(39)26-38(31)19-12-6-2-4-8-14-21-40-37(38)39/h2-3,6-7,10-11,16-17,28,31,33,35-37,40-41,45H,4-5,8-9,12-15,18-26H2,1H3/b6-2-,7-3-/t28-,31?,33-,35-,36+,37-,38-,39?/m1/s1. The third-order valence-electron chi connectivity index (χ3n) is 13.2. The van der Waals surface area contributed by atoms with E-state index in [1.165, 1.54) is 54.3 Å². The van der Waals surface area contributed by atoms with Crippen LogP contribution in [0.1, 0.15) is 101 Å². The van der Waals surface area contributed by atoms with Crippen LogP contribution in [0, 0.1) is 17.3 Å². The highest BCUT2D eigenvalue weighted by atomic mass is 16.3. The molecule has 45 heavy (non-hydrogen) atoms. The van der Waals surface area contributed by atoms with Gasteiger partial charge in [0.05, 0.1) is 17.7 Å². The number of fused-ring (bicyclic) bond motifs is 7. The van der Waals surface area contributed by atoms with Crippen LogP contribution in [0.4, 0.5) is 0 Å². The number of nitrogens with zero attached hydrogens (tertiary/aromatic N) is 2. The van der Waals surface area contributed by atoms with Gasteiger partial charge in [0.25, 0.3) is 0 Å². The van der Waals surface area contributed by atoms with E-state index in [-0.39, 0.29) is 35.0 Å². The van der Waals surface area contributed by atoms with Gasteiger partial charge in [-0.15, -0.1) is 0 Å². The quantitative estimate of drug-likeness (QED) is 0.340. The van der Waals surface area contributed by atoms with E-state index >= 15 is 0 Å². The normalized spacial score (nSPS) is 40.6. The maximum absolute atomic E-state index is 13.3. The number of piperidine rings is 1. The number of benzene rings is 1. The van der Waals surface area contributed by atoms with Gasteiger partial charge >= 0.3 is 0 Å². The molecule has 0 radical (unpaired) electrons. The van der Waals surface area contributed by atoms with E-state index in [2.05, 4.69) is 68.7 Å². The van der Waals surface area contributed by atoms with Crippen LogP contribution >= 0.6 is 0 Å². The number of hydrogen-bond acceptors (Lipinski definition) is 5. The number of para-hydroxylation sites is 1. The maximum atomic E-state index is 13.3. The summed E-state index contributed by atoms with van der Waals surface area (Å²) in [6, 6.07) is 9.38. The third-order valence-corrected chi connectivity index (χ3v) is 13.2. The Morgan fingerprint density at radius 3 is 2.60 bits per heavy atom. The number of carbonyl (C=O) groups is 1. The number of nitrogens with one attached hydrogen (secondary N) is 2. The van der Waals surface area contributed by atoms with Crippen LogP contribution in [0.5, 0.6) is 0 Å². The van der Waals surface area contributed by atoms with Crippen molar-refractivity contribution in [2.45, 2.75) is 120 Å². The van der Waals surface area contributed by atoms with E-state index in [0.717, 1.165) is 71.1 Å². The summed E-state index contributed by atoms with van der Waals surface area (Å²) >= 11 is 0. The lowest BCUT2D eigenvalue weighted by atomic mass is 9.48. The molecule has 242 valence electrons. The summed E-state index contributed by atoms with van der Waals surface area (Å²) in [4.78, 5) is 22.3. The number of rotatable bonds is 2. The van der Waals surface area contributed by atoms with Crippen LogP contribution < -0.4 is 5.32 Å². The van der Waals surface area contributed by atoms with Crippen LogP contribution in [-0.2, 0) is 11.2 Å². The minimum atomic E-state index is -0.438. The monoisotopic (exact) mass is 610 g/mol. The predicted octanol–water partition coefficient (Wildman–Crippen LogP) is 6.47. The fourth-order valence-electron chi connectivity index (χ4n) is 11.6. The first kappa shape index (κ1) is 30.1. The highest BCUT2D eigenvalue weighted by Crippen LogP contribution is 2.66. The van der Waals surface area contributed by atoms with Crippen molar-refractivity contribution in [1.82, 2.24) is 20.1 Å². The Morgan fingerprint density at radius 2 is 1.76 bits per heavy atom. The first-order valence-corrected chi connectivity index (χ1v) is 18.4. The number of carbonyl (C=O) groups excluding carboxylic acids is 1. The van der Waals surface area contributed by atoms with Crippen molar-refractivity contribution in [3.63, 3.8) is 0 Å². The average molecular weight is 611 g/mol. The second-order valence-electron chi connectivity index (χ2n) is 15.5. The van der Waals surface area contributed by atoms with Crippen LogP contribution in [0.2, 0.25) is 0 Å². The summed E-state index contributed by atoms with van der Waals surface area (Å²) in [6.45, 7) is 5.91. The molecule has 2 bridgehead atoms. The second-order valence-corrected chi connectivity index (χ2v) is 15.5. The van der Waals surface area contributed by atoms with Gasteiger partial charge < -0.3 is 15.4 Å². The molecule has 3 fully saturated rings. The molecule has 1 aromatic heterocycles. The molecule has 6 heteroatoms. The summed E-state index contributed by atoms with van der Waals surface area (Å²) in [6.07, 6.45) is 23.3. The summed E-state index contributed by atoms with van der Waals surface area (Å²) in [5, 5.41) is 18.9. The molecule has 8 rings (SSSR count). The number of allylic oxidation sites excluding steroid dienone is 4. The third kappa shape index (κ3) is 4.76. The fraction of sp³-hybridized carbons (Fsp3) is 0.667. The Morgan fingerprint density at radius 1 is 0.978 bits per heavy atom. The molecular formula is C39H54N4O2. The lowest BCUT2D eigenvalue weighted by Gasteiger charge is -2.64. The minimum Gasteiger partial charge on any atom is -0.391 e. The highest BCUT2D eigenvalue weighted by molar-refractivity contribution is 5.85. The molecule has 6 nitrogen and oxygen atoms in total. The molecule has 5 aliphatic heterocycles. The van der Waals surface area contributed by atoms with Gasteiger partial charge in [0, 0.05) is 59.5 Å². The first-order valence-electron chi connectivity index (χ1n) is 18.4. The van der Waals surface area contributed by atoms with E-state index in [0.29, 0.717) is 18.1 Å². The van der Waals surface area contributed by atoms with E-state index in [1.54, 1.807) is 6.92 Å². The number of aromatic nitrogens is 1. The van der Waals surface area contributed by atoms with Crippen molar-refractivity contribution in [2.75, 3.05) is 26.2 Å². The summed E-state index contributed by atoms with van der Waals surface area (Å²) in [5.74, 6) is 0.770. The Hall–Kier alpha value is -2.25. The number of Topliss-reactive ketones (excluding diaryl/α,β-unsaturated/α-hetero) is 1. The van der Waals surface area contributed by atoms with Gasteiger partial charge in [-0.2, -0.15) is 0 Å². The molecule has 6 aliphatic rings. The molecule has 2 unspecified atom stereocenters. The topological polar surface area (TPSA) is 71.6 Å². The molecule has 2 saturated heterocycles. The molecule has 1 aromatic carbocycles. The number of H-pyrrole nitrogens is 1. The van der Waals surface area contributed by atoms with E-state index in [1.807, 2.05) is 0 Å². The summed E-state index contributed by atoms with van der Waals surface area (Å²) in [5.41, 5.74) is 3.75. The molecular weight excluding hydrogens is 556 g/mol. The van der Waals surface area contributed by atoms with E-state index in [4.69, 9.17) is 0 Å². The average Bonchev–Trinajstić information content (AvgIpc) is 3.51. The second kappa shape index (κ2) is 12.1. The van der Waals surface area contributed by atoms with Crippen molar-refractivity contribution in [3.05, 3.63) is 59.8 Å². The summed E-state index contributed by atoms with van der Waals surface area (Å²) < 4.78 is 0. The van der Waals surface area contributed by atoms with Gasteiger partial charge in [0.1, 0.15) is 5.78 Å². The number of hydrogen-bond donors (Lipinski definition) is 3. The number of aromatic amines is 1. The molecule has 1 saturated carbocycles. The SMILES string of the molecule is CC(=O)C[C@@H]1CC2[C@H]([C@@H]3c4[nH]c5ccccc5c4CCN13)[C@H](O)C13CC/C=C\CCCCN1C[C@]21CC/C=C\CCCCN[C@@H]31. The smallest absolute Gasteiger partial charge is 0.131 e. The zero-order valence-corrected chi connectivity index (χ0v) is 27.4. The Bertz CT molecular complexity index is 1460. The maximum Gasteiger partial charge on any atom is 0.131 e. The zero-order chi connectivity index (χ0) is 30.6. The molecule has 8 atom stereocenters. The molecule has 3 N–H and O–H groups in total. The van der Waals surface area contributed by atoms with E-state index < -0.39 is 6.10 Å². The van der Waals surface area contributed by atoms with Crippen molar-refractivity contribution < 1.29 is 9.90 Å². The van der Waals surface area contributed by atoms with Gasteiger partial charge in [-0.3, -0.25) is 14.6 Å². The van der Waals surface area contributed by atoms with E-state index in [9.17, 15) is 9.90 Å². The molecule has 0 amide bonds. The van der Waals surface area contributed by atoms with Crippen LogP contribution in [-0.4, -0.2) is 75.6 Å². The van der Waals surface area contributed by atoms with Gasteiger partial charge in [0.2, 0.25) is 0 Å². The molecule has 1 aliphatic carbocycles. The predicted molar refractivity (Wildman–Crippen MR) is 181 cm³/mol. The number of ketones is 1. The van der Waals surface area contributed by atoms with Crippen molar-refractivity contribution in [1.29, 1.82) is 0 Å².